The molecule has 0 radical (unpaired) electrons. The van der Waals surface area contributed by atoms with Crippen molar-refractivity contribution in [1.82, 2.24) is 10.4 Å². The zero-order chi connectivity index (χ0) is 14.0. The number of halogens is 3. The monoisotopic (exact) mass is 344 g/mol. The highest BCUT2D eigenvalue weighted by molar-refractivity contribution is 9.10. The van der Waals surface area contributed by atoms with Gasteiger partial charge in [-0.1, -0.05) is 33.6 Å². The molecule has 1 atom stereocenters. The summed E-state index contributed by atoms with van der Waals surface area (Å²) in [6.45, 7) is 0. The number of anilines is 1. The third-order valence-electron chi connectivity index (χ3n) is 2.67. The molecule has 0 saturated heterocycles. The maximum absolute atomic E-state index is 13.1. The normalized spacial score (nSPS) is 12.4. The van der Waals surface area contributed by atoms with Gasteiger partial charge in [0.05, 0.1) is 11.1 Å². The van der Waals surface area contributed by atoms with Crippen molar-refractivity contribution in [1.29, 1.82) is 0 Å². The lowest BCUT2D eigenvalue weighted by Crippen LogP contribution is -2.30. The zero-order valence-electron chi connectivity index (χ0n) is 9.70. The van der Waals surface area contributed by atoms with Gasteiger partial charge in [-0.05, 0) is 23.8 Å². The third kappa shape index (κ3) is 3.03. The number of hydrazine groups is 1. The molecule has 0 amide bonds. The Bertz CT molecular complexity index is 608. The van der Waals surface area contributed by atoms with Crippen molar-refractivity contribution >= 4 is 33.3 Å². The molecule has 2 aromatic rings. The number of pyridine rings is 1. The van der Waals surface area contributed by atoms with Crippen LogP contribution in [0.25, 0.3) is 0 Å². The second kappa shape index (κ2) is 5.83. The Labute approximate surface area is 123 Å². The number of nitrogens with one attached hydrogen (secondary N) is 1. The van der Waals surface area contributed by atoms with Crippen LogP contribution in [0.4, 0.5) is 10.2 Å². The first kappa shape index (κ1) is 14.2. The van der Waals surface area contributed by atoms with E-state index in [0.29, 0.717) is 20.9 Å². The zero-order valence-corrected chi connectivity index (χ0v) is 12.0. The fourth-order valence-corrected chi connectivity index (χ4v) is 2.53. The Morgan fingerprint density at radius 2 is 2.05 bits per heavy atom. The van der Waals surface area contributed by atoms with Gasteiger partial charge in [-0.15, -0.1) is 0 Å². The molecular weight excluding hydrogens is 335 g/mol. The van der Waals surface area contributed by atoms with Crippen LogP contribution in [0.1, 0.15) is 17.2 Å². The van der Waals surface area contributed by atoms with Gasteiger partial charge in [0.2, 0.25) is 0 Å². The number of rotatable bonds is 3. The van der Waals surface area contributed by atoms with Crippen molar-refractivity contribution in [2.75, 3.05) is 5.73 Å². The number of benzene rings is 1. The molecule has 100 valence electrons. The van der Waals surface area contributed by atoms with E-state index in [0.717, 1.165) is 5.56 Å². The van der Waals surface area contributed by atoms with Crippen molar-refractivity contribution in [3.63, 3.8) is 0 Å². The van der Waals surface area contributed by atoms with Crippen LogP contribution in [0.5, 0.6) is 0 Å². The molecule has 0 aliphatic heterocycles. The Kier molecular flexibility index (Phi) is 4.36. The lowest BCUT2D eigenvalue weighted by Gasteiger charge is -2.19. The standard InChI is InChI=1S/C12H11BrClFN4/c13-10-4-7(15)1-2-8(10)11(19-17)9-3-6(14)5-18-12(9)16/h1-5,11,19H,17H2,(H2,16,18). The van der Waals surface area contributed by atoms with Gasteiger partial charge in [-0.25, -0.2) is 14.8 Å². The maximum Gasteiger partial charge on any atom is 0.128 e. The fourth-order valence-electron chi connectivity index (χ4n) is 1.78. The van der Waals surface area contributed by atoms with Crippen molar-refractivity contribution in [2.24, 2.45) is 5.84 Å². The van der Waals surface area contributed by atoms with Gasteiger partial charge in [0, 0.05) is 16.2 Å². The summed E-state index contributed by atoms with van der Waals surface area (Å²) in [5.41, 5.74) is 9.82. The number of hydrogen-bond acceptors (Lipinski definition) is 4. The fraction of sp³-hybridized carbons (Fsp3) is 0.0833. The van der Waals surface area contributed by atoms with Crippen LogP contribution in [0, 0.1) is 5.82 Å². The predicted octanol–water partition coefficient (Wildman–Crippen LogP) is 2.77. The SMILES string of the molecule is NNC(c1ccc(F)cc1Br)c1cc(Cl)cnc1N. The minimum absolute atomic E-state index is 0.309. The molecule has 1 heterocycles. The molecule has 0 aliphatic carbocycles. The predicted molar refractivity (Wildman–Crippen MR) is 76.9 cm³/mol. The number of aromatic nitrogens is 1. The third-order valence-corrected chi connectivity index (χ3v) is 3.56. The van der Waals surface area contributed by atoms with E-state index in [4.69, 9.17) is 23.2 Å². The molecule has 4 nitrogen and oxygen atoms in total. The second-order valence-corrected chi connectivity index (χ2v) is 5.18. The van der Waals surface area contributed by atoms with E-state index in [-0.39, 0.29) is 5.82 Å². The molecular formula is C12H11BrClFN4. The topological polar surface area (TPSA) is 77.0 Å². The van der Waals surface area contributed by atoms with E-state index in [2.05, 4.69) is 26.3 Å². The van der Waals surface area contributed by atoms with Crippen LogP contribution in [0.2, 0.25) is 5.02 Å². The summed E-state index contributed by atoms with van der Waals surface area (Å²) in [5.74, 6) is 5.54. The van der Waals surface area contributed by atoms with Gasteiger partial charge in [0.25, 0.3) is 0 Å². The van der Waals surface area contributed by atoms with Gasteiger partial charge < -0.3 is 5.73 Å². The van der Waals surface area contributed by atoms with Crippen LogP contribution in [-0.4, -0.2) is 4.98 Å². The van der Waals surface area contributed by atoms with Crippen LogP contribution in [-0.2, 0) is 0 Å². The van der Waals surface area contributed by atoms with Gasteiger partial charge in [-0.3, -0.25) is 5.84 Å². The summed E-state index contributed by atoms with van der Waals surface area (Å²) in [6, 6.07) is 5.54. The highest BCUT2D eigenvalue weighted by atomic mass is 79.9. The van der Waals surface area contributed by atoms with E-state index >= 15 is 0 Å². The summed E-state index contributed by atoms with van der Waals surface area (Å²) >= 11 is 9.21. The van der Waals surface area contributed by atoms with Crippen molar-refractivity contribution in [3.05, 3.63) is 56.9 Å². The van der Waals surface area contributed by atoms with E-state index in [1.54, 1.807) is 12.1 Å². The van der Waals surface area contributed by atoms with E-state index < -0.39 is 6.04 Å². The molecule has 2 rings (SSSR count). The molecule has 7 heteroatoms. The van der Waals surface area contributed by atoms with Crippen LogP contribution in [0.15, 0.2) is 34.9 Å². The lowest BCUT2D eigenvalue weighted by molar-refractivity contribution is 0.613. The maximum atomic E-state index is 13.1. The summed E-state index contributed by atoms with van der Waals surface area (Å²) in [7, 11) is 0. The van der Waals surface area contributed by atoms with E-state index in [1.807, 2.05) is 0 Å². The minimum Gasteiger partial charge on any atom is -0.383 e. The van der Waals surface area contributed by atoms with Crippen LogP contribution < -0.4 is 17.0 Å². The Hall–Kier alpha value is -1.21. The largest absolute Gasteiger partial charge is 0.383 e. The number of hydrogen-bond donors (Lipinski definition) is 3. The molecule has 0 fully saturated rings. The first-order valence-electron chi connectivity index (χ1n) is 5.35. The Morgan fingerprint density at radius 1 is 1.32 bits per heavy atom. The van der Waals surface area contributed by atoms with E-state index in [1.165, 1.54) is 18.3 Å². The average molecular weight is 346 g/mol. The molecule has 0 aliphatic rings. The second-order valence-electron chi connectivity index (χ2n) is 3.89. The number of nitrogen functional groups attached to an aromatic ring is 1. The van der Waals surface area contributed by atoms with Crippen molar-refractivity contribution in [2.45, 2.75) is 6.04 Å². The lowest BCUT2D eigenvalue weighted by atomic mass is 10.00. The minimum atomic E-state index is -0.443. The molecule has 1 aromatic heterocycles. The number of nitrogens with two attached hydrogens (primary N) is 2. The molecule has 1 aromatic carbocycles. The average Bonchev–Trinajstić information content (AvgIpc) is 2.36. The first-order valence-corrected chi connectivity index (χ1v) is 6.52. The van der Waals surface area contributed by atoms with Crippen LogP contribution in [0.3, 0.4) is 0 Å². The summed E-state index contributed by atoms with van der Waals surface area (Å²) in [5, 5.41) is 0.447. The summed E-state index contributed by atoms with van der Waals surface area (Å²) in [4.78, 5) is 3.98. The smallest absolute Gasteiger partial charge is 0.128 e. The summed E-state index contributed by atoms with van der Waals surface area (Å²) in [6.07, 6.45) is 1.45. The Balaban J connectivity index is 2.52. The van der Waals surface area contributed by atoms with E-state index in [9.17, 15) is 4.39 Å². The quantitative estimate of drug-likeness (QED) is 0.590. The van der Waals surface area contributed by atoms with Gasteiger partial charge >= 0.3 is 0 Å². The Morgan fingerprint density at radius 3 is 2.68 bits per heavy atom. The van der Waals surface area contributed by atoms with Crippen molar-refractivity contribution in [3.8, 4) is 0 Å². The highest BCUT2D eigenvalue weighted by Gasteiger charge is 2.19. The van der Waals surface area contributed by atoms with Crippen molar-refractivity contribution < 1.29 is 4.39 Å². The van der Waals surface area contributed by atoms with Gasteiger partial charge in [0.15, 0.2) is 0 Å². The summed E-state index contributed by atoms with van der Waals surface area (Å²) < 4.78 is 13.7. The molecule has 0 spiro atoms. The van der Waals surface area contributed by atoms with Gasteiger partial charge in [0.1, 0.15) is 11.6 Å². The molecule has 5 N–H and O–H groups in total. The molecule has 1 unspecified atom stereocenters. The molecule has 0 saturated carbocycles. The molecule has 0 bridgehead atoms. The first-order chi connectivity index (χ1) is 9.02. The number of nitrogens with zero attached hydrogens (tertiary/aromatic N) is 1. The highest BCUT2D eigenvalue weighted by Crippen LogP contribution is 2.31. The van der Waals surface area contributed by atoms with Crippen LogP contribution >= 0.6 is 27.5 Å². The molecule has 19 heavy (non-hydrogen) atoms. The van der Waals surface area contributed by atoms with Gasteiger partial charge in [-0.2, -0.15) is 0 Å².